The highest BCUT2D eigenvalue weighted by molar-refractivity contribution is 5.78. The summed E-state index contributed by atoms with van der Waals surface area (Å²) in [5.41, 5.74) is 1.19. The second-order valence-corrected chi connectivity index (χ2v) is 7.26. The van der Waals surface area contributed by atoms with Gasteiger partial charge in [0.15, 0.2) is 0 Å². The molecular weight excluding hydrogens is 316 g/mol. The van der Waals surface area contributed by atoms with E-state index in [1.807, 2.05) is 45.0 Å². The third-order valence-corrected chi connectivity index (χ3v) is 4.71. The fourth-order valence-corrected chi connectivity index (χ4v) is 3.21. The minimum Gasteiger partial charge on any atom is -0.491 e. The van der Waals surface area contributed by atoms with Crippen LogP contribution in [0, 0.1) is 5.92 Å². The first kappa shape index (κ1) is 19.7. The van der Waals surface area contributed by atoms with E-state index < -0.39 is 0 Å². The molecule has 0 spiro atoms. The Labute approximate surface area is 151 Å². The van der Waals surface area contributed by atoms with E-state index in [1.165, 1.54) is 5.56 Å². The summed E-state index contributed by atoms with van der Waals surface area (Å²) in [7, 11) is 0. The second kappa shape index (κ2) is 9.78. The minimum absolute atomic E-state index is 0.0789. The summed E-state index contributed by atoms with van der Waals surface area (Å²) in [6.07, 6.45) is 2.69. The van der Waals surface area contributed by atoms with Crippen molar-refractivity contribution in [2.75, 3.05) is 26.2 Å². The van der Waals surface area contributed by atoms with Crippen molar-refractivity contribution in [3.05, 3.63) is 29.8 Å². The van der Waals surface area contributed by atoms with Crippen molar-refractivity contribution in [3.63, 3.8) is 0 Å². The van der Waals surface area contributed by atoms with Crippen molar-refractivity contribution in [2.24, 2.45) is 5.92 Å². The molecule has 0 radical (unpaired) electrons. The highest BCUT2D eigenvalue weighted by Gasteiger charge is 2.23. The molecule has 0 aliphatic carbocycles. The number of likely N-dealkylation sites (tertiary alicyclic amines) is 1. The molecule has 1 aromatic carbocycles. The molecule has 1 unspecified atom stereocenters. The lowest BCUT2D eigenvalue weighted by Gasteiger charge is -2.32. The molecule has 1 saturated heterocycles. The maximum absolute atomic E-state index is 12.1. The predicted octanol–water partition coefficient (Wildman–Crippen LogP) is 2.23. The molecule has 1 atom stereocenters. The first-order valence-electron chi connectivity index (χ1n) is 9.36. The van der Waals surface area contributed by atoms with Gasteiger partial charge >= 0.3 is 0 Å². The summed E-state index contributed by atoms with van der Waals surface area (Å²) in [5, 5.41) is 12.6. The molecule has 1 aromatic rings. The molecule has 5 heteroatoms. The third-order valence-electron chi connectivity index (χ3n) is 4.71. The maximum Gasteiger partial charge on any atom is 0.234 e. The number of aliphatic hydroxyl groups is 1. The van der Waals surface area contributed by atoms with Crippen molar-refractivity contribution in [1.29, 1.82) is 0 Å². The van der Waals surface area contributed by atoms with Crippen LogP contribution in [0.15, 0.2) is 24.3 Å². The van der Waals surface area contributed by atoms with E-state index in [1.54, 1.807) is 0 Å². The van der Waals surface area contributed by atoms with Gasteiger partial charge in [-0.2, -0.15) is 0 Å². The number of nitrogens with one attached hydrogen (secondary N) is 1. The van der Waals surface area contributed by atoms with Gasteiger partial charge in [0.1, 0.15) is 5.75 Å². The average Bonchev–Trinajstić information content (AvgIpc) is 2.56. The van der Waals surface area contributed by atoms with Crippen LogP contribution in [0.4, 0.5) is 0 Å². The summed E-state index contributed by atoms with van der Waals surface area (Å²) in [5.74, 6) is 1.33. The van der Waals surface area contributed by atoms with E-state index in [0.717, 1.165) is 38.1 Å². The van der Waals surface area contributed by atoms with Gasteiger partial charge in [-0.3, -0.25) is 9.69 Å². The summed E-state index contributed by atoms with van der Waals surface area (Å²) in [4.78, 5) is 14.2. The van der Waals surface area contributed by atoms with Gasteiger partial charge in [-0.1, -0.05) is 12.1 Å². The quantitative estimate of drug-likeness (QED) is 0.756. The molecule has 1 amide bonds. The summed E-state index contributed by atoms with van der Waals surface area (Å²) in [6, 6.07) is 8.04. The van der Waals surface area contributed by atoms with E-state index in [4.69, 9.17) is 4.74 Å². The van der Waals surface area contributed by atoms with Crippen molar-refractivity contribution < 1.29 is 14.6 Å². The number of nitrogens with zero attached hydrogens (tertiary/aromatic N) is 1. The number of carbonyl (C=O) groups is 1. The lowest BCUT2D eigenvalue weighted by Crippen LogP contribution is -2.43. The van der Waals surface area contributed by atoms with Gasteiger partial charge in [0.2, 0.25) is 5.91 Å². The molecule has 1 aliphatic rings. The molecule has 25 heavy (non-hydrogen) atoms. The van der Waals surface area contributed by atoms with Crippen LogP contribution in [0.2, 0.25) is 0 Å². The highest BCUT2D eigenvalue weighted by atomic mass is 16.5. The maximum atomic E-state index is 12.1. The SMILES string of the molecule is CC(C)Oc1ccc(CCNC(=O)CN2CCC(C(C)O)CC2)cc1. The zero-order valence-electron chi connectivity index (χ0n) is 15.7. The predicted molar refractivity (Wildman–Crippen MR) is 99.8 cm³/mol. The van der Waals surface area contributed by atoms with E-state index in [0.29, 0.717) is 19.0 Å². The smallest absolute Gasteiger partial charge is 0.234 e. The van der Waals surface area contributed by atoms with E-state index in [-0.39, 0.29) is 18.1 Å². The fraction of sp³-hybridized carbons (Fsp3) is 0.650. The van der Waals surface area contributed by atoms with Crippen LogP contribution in [0.1, 0.15) is 39.2 Å². The molecule has 0 saturated carbocycles. The number of amides is 1. The zero-order chi connectivity index (χ0) is 18.2. The number of piperidine rings is 1. The van der Waals surface area contributed by atoms with Crippen LogP contribution in [-0.2, 0) is 11.2 Å². The van der Waals surface area contributed by atoms with E-state index in [2.05, 4.69) is 10.2 Å². The topological polar surface area (TPSA) is 61.8 Å². The molecule has 2 rings (SSSR count). The lowest BCUT2D eigenvalue weighted by molar-refractivity contribution is -0.122. The van der Waals surface area contributed by atoms with Crippen LogP contribution >= 0.6 is 0 Å². The largest absolute Gasteiger partial charge is 0.491 e. The van der Waals surface area contributed by atoms with Gasteiger partial charge in [0.25, 0.3) is 0 Å². The fourth-order valence-electron chi connectivity index (χ4n) is 3.21. The highest BCUT2D eigenvalue weighted by Crippen LogP contribution is 2.20. The summed E-state index contributed by atoms with van der Waals surface area (Å²) >= 11 is 0. The molecule has 5 nitrogen and oxygen atoms in total. The molecule has 140 valence electrons. The van der Waals surface area contributed by atoms with Gasteiger partial charge < -0.3 is 15.2 Å². The van der Waals surface area contributed by atoms with Crippen molar-refractivity contribution >= 4 is 5.91 Å². The first-order chi connectivity index (χ1) is 11.9. The average molecular weight is 348 g/mol. The molecule has 0 aromatic heterocycles. The Balaban J connectivity index is 1.64. The van der Waals surface area contributed by atoms with Gasteiger partial charge in [-0.25, -0.2) is 0 Å². The number of rotatable bonds is 8. The van der Waals surface area contributed by atoms with E-state index in [9.17, 15) is 9.90 Å². The molecule has 1 fully saturated rings. The number of hydrogen-bond acceptors (Lipinski definition) is 4. The van der Waals surface area contributed by atoms with Gasteiger partial charge in [-0.05, 0) is 76.7 Å². The Morgan fingerprint density at radius 2 is 1.88 bits per heavy atom. The van der Waals surface area contributed by atoms with Crippen LogP contribution in [0.5, 0.6) is 5.75 Å². The Kier molecular flexibility index (Phi) is 7.72. The number of aliphatic hydroxyl groups excluding tert-OH is 1. The van der Waals surface area contributed by atoms with E-state index >= 15 is 0 Å². The van der Waals surface area contributed by atoms with Crippen LogP contribution in [-0.4, -0.2) is 54.3 Å². The van der Waals surface area contributed by atoms with Crippen LogP contribution in [0.3, 0.4) is 0 Å². The number of carbonyl (C=O) groups excluding carboxylic acids is 1. The second-order valence-electron chi connectivity index (χ2n) is 7.26. The van der Waals surface area contributed by atoms with Gasteiger partial charge in [0.05, 0.1) is 18.8 Å². The third kappa shape index (κ3) is 7.04. The Bertz CT molecular complexity index is 520. The van der Waals surface area contributed by atoms with Crippen molar-refractivity contribution in [2.45, 2.75) is 52.2 Å². The minimum atomic E-state index is -0.242. The standard InChI is InChI=1S/C20H32N2O3/c1-15(2)25-19-6-4-17(5-7-19)8-11-21-20(24)14-22-12-9-18(10-13-22)16(3)23/h4-7,15-16,18,23H,8-14H2,1-3H3,(H,21,24). The van der Waals surface area contributed by atoms with Crippen LogP contribution < -0.4 is 10.1 Å². The van der Waals surface area contributed by atoms with Crippen molar-refractivity contribution in [3.8, 4) is 5.75 Å². The number of hydrogen-bond donors (Lipinski definition) is 2. The first-order valence-corrected chi connectivity index (χ1v) is 9.36. The Hall–Kier alpha value is -1.59. The zero-order valence-corrected chi connectivity index (χ0v) is 15.7. The van der Waals surface area contributed by atoms with Crippen LogP contribution in [0.25, 0.3) is 0 Å². The van der Waals surface area contributed by atoms with Gasteiger partial charge in [0, 0.05) is 6.54 Å². The van der Waals surface area contributed by atoms with Gasteiger partial charge in [-0.15, -0.1) is 0 Å². The molecule has 1 heterocycles. The number of ether oxygens (including phenoxy) is 1. The Morgan fingerprint density at radius 3 is 2.44 bits per heavy atom. The molecule has 1 aliphatic heterocycles. The Morgan fingerprint density at radius 1 is 1.24 bits per heavy atom. The lowest BCUT2D eigenvalue weighted by atomic mass is 9.92. The summed E-state index contributed by atoms with van der Waals surface area (Å²) in [6.45, 7) is 8.75. The molecule has 0 bridgehead atoms. The summed E-state index contributed by atoms with van der Waals surface area (Å²) < 4.78 is 5.63. The number of benzene rings is 1. The normalized spacial score (nSPS) is 17.5. The molecular formula is C20H32N2O3. The van der Waals surface area contributed by atoms with Crippen molar-refractivity contribution in [1.82, 2.24) is 10.2 Å². The molecule has 2 N–H and O–H groups in total. The monoisotopic (exact) mass is 348 g/mol.